The fourth-order valence-corrected chi connectivity index (χ4v) is 1.96. The molecular weight excluding hydrogens is 189 g/mol. The topological polar surface area (TPSA) is 30.5 Å². The van der Waals surface area contributed by atoms with Crippen LogP contribution in [-0.2, 0) is 9.47 Å². The highest BCUT2D eigenvalue weighted by molar-refractivity contribution is 6.11. The molecule has 0 heterocycles. The molecule has 1 fully saturated rings. The van der Waals surface area contributed by atoms with E-state index >= 15 is 0 Å². The summed E-state index contributed by atoms with van der Waals surface area (Å²) < 4.78 is 10.5. The minimum atomic E-state index is -0.203. The number of hydrogen-bond acceptors (Lipinski definition) is 3. The van der Waals surface area contributed by atoms with Gasteiger partial charge in [0.1, 0.15) is 7.85 Å². The largest absolute Gasteiger partial charge is 0.384 e. The highest BCUT2D eigenvalue weighted by atomic mass is 16.5. The molecule has 0 amide bonds. The quantitative estimate of drug-likeness (QED) is 0.478. The van der Waals surface area contributed by atoms with Crippen LogP contribution in [0.1, 0.15) is 26.2 Å². The van der Waals surface area contributed by atoms with Crippen molar-refractivity contribution in [1.82, 2.24) is 5.32 Å². The van der Waals surface area contributed by atoms with Crippen molar-refractivity contribution in [2.45, 2.75) is 38.2 Å². The van der Waals surface area contributed by atoms with Gasteiger partial charge in [-0.15, -0.1) is 0 Å². The van der Waals surface area contributed by atoms with Gasteiger partial charge in [0.05, 0.1) is 13.2 Å². The van der Waals surface area contributed by atoms with E-state index in [1.165, 1.54) is 19.3 Å². The van der Waals surface area contributed by atoms with Gasteiger partial charge in [0.2, 0.25) is 0 Å². The molecule has 0 aliphatic heterocycles. The monoisotopic (exact) mass is 211 g/mol. The predicted octanol–water partition coefficient (Wildman–Crippen LogP) is 0.922. The maximum atomic E-state index is 6.01. The van der Waals surface area contributed by atoms with Crippen LogP contribution < -0.4 is 5.32 Å². The Morgan fingerprint density at radius 3 is 2.60 bits per heavy atom. The van der Waals surface area contributed by atoms with Crippen LogP contribution in [0.3, 0.4) is 0 Å². The van der Waals surface area contributed by atoms with Gasteiger partial charge < -0.3 is 14.8 Å². The third kappa shape index (κ3) is 4.13. The Bertz CT molecular complexity index is 165. The first kappa shape index (κ1) is 13.0. The Morgan fingerprint density at radius 1 is 1.40 bits per heavy atom. The molecule has 0 spiro atoms. The van der Waals surface area contributed by atoms with Gasteiger partial charge in [-0.25, -0.2) is 0 Å². The van der Waals surface area contributed by atoms with Gasteiger partial charge in [0.25, 0.3) is 0 Å². The van der Waals surface area contributed by atoms with E-state index in [1.54, 1.807) is 7.11 Å². The molecule has 2 unspecified atom stereocenters. The van der Waals surface area contributed by atoms with Crippen molar-refractivity contribution in [3.8, 4) is 0 Å². The number of ether oxygens (including phenoxy) is 2. The van der Waals surface area contributed by atoms with Crippen molar-refractivity contribution in [1.29, 1.82) is 0 Å². The van der Waals surface area contributed by atoms with E-state index < -0.39 is 0 Å². The molecular formula is C11H22BNO2. The standard InChI is InChI=1S/C11H22BNO2/c1-3-13-10(9-5-4-6-9)11(12)15-8-7-14-2/h9-11,13H,3-8H2,1-2H3. The van der Waals surface area contributed by atoms with E-state index in [4.69, 9.17) is 17.3 Å². The maximum Gasteiger partial charge on any atom is 0.111 e. The average Bonchev–Trinajstić information content (AvgIpc) is 2.14. The highest BCUT2D eigenvalue weighted by Crippen LogP contribution is 2.31. The predicted molar refractivity (Wildman–Crippen MR) is 62.2 cm³/mol. The van der Waals surface area contributed by atoms with Crippen molar-refractivity contribution >= 4 is 7.85 Å². The van der Waals surface area contributed by atoms with Gasteiger partial charge in [0, 0.05) is 19.2 Å². The van der Waals surface area contributed by atoms with Crippen LogP contribution >= 0.6 is 0 Å². The van der Waals surface area contributed by atoms with Crippen molar-refractivity contribution in [3.05, 3.63) is 0 Å². The summed E-state index contributed by atoms with van der Waals surface area (Å²) >= 11 is 0. The summed E-state index contributed by atoms with van der Waals surface area (Å²) in [6, 6.07) is 0.103. The second-order valence-corrected chi connectivity index (χ2v) is 4.10. The van der Waals surface area contributed by atoms with E-state index in [1.807, 2.05) is 0 Å². The summed E-state index contributed by atoms with van der Waals surface area (Å²) in [6.45, 7) is 4.24. The molecule has 0 saturated heterocycles. The van der Waals surface area contributed by atoms with E-state index in [0.717, 1.165) is 6.54 Å². The van der Waals surface area contributed by atoms with Crippen LogP contribution in [0.15, 0.2) is 0 Å². The second kappa shape index (κ2) is 7.26. The molecule has 2 radical (unpaired) electrons. The summed E-state index contributed by atoms with van der Waals surface area (Å²) in [5.74, 6) is 0.697. The first-order valence-corrected chi connectivity index (χ1v) is 5.89. The highest BCUT2D eigenvalue weighted by Gasteiger charge is 2.30. The van der Waals surface area contributed by atoms with E-state index in [2.05, 4.69) is 12.2 Å². The molecule has 0 aromatic carbocycles. The van der Waals surface area contributed by atoms with E-state index in [0.29, 0.717) is 25.2 Å². The Balaban J connectivity index is 2.26. The van der Waals surface area contributed by atoms with Gasteiger partial charge in [-0.2, -0.15) is 0 Å². The Hall–Kier alpha value is -0.0551. The smallest absolute Gasteiger partial charge is 0.111 e. The molecule has 0 aromatic heterocycles. The lowest BCUT2D eigenvalue weighted by molar-refractivity contribution is 0.0180. The number of nitrogens with one attached hydrogen (secondary N) is 1. The SMILES string of the molecule is [B]C(OCCOC)C(NCC)C1CCC1. The number of likely N-dealkylation sites (N-methyl/N-ethyl adjacent to an activating group) is 1. The third-order valence-electron chi connectivity index (χ3n) is 3.05. The normalized spacial score (nSPS) is 20.9. The van der Waals surface area contributed by atoms with Crippen molar-refractivity contribution in [2.24, 2.45) is 5.92 Å². The van der Waals surface area contributed by atoms with Crippen LogP contribution in [0.5, 0.6) is 0 Å². The minimum Gasteiger partial charge on any atom is -0.384 e. The van der Waals surface area contributed by atoms with E-state index in [-0.39, 0.29) is 6.00 Å². The third-order valence-corrected chi connectivity index (χ3v) is 3.05. The zero-order valence-corrected chi connectivity index (χ0v) is 9.87. The van der Waals surface area contributed by atoms with Gasteiger partial charge >= 0.3 is 0 Å². The fourth-order valence-electron chi connectivity index (χ4n) is 1.96. The Kier molecular flexibility index (Phi) is 6.29. The molecule has 1 rings (SSSR count). The summed E-state index contributed by atoms with van der Waals surface area (Å²) in [5, 5.41) is 3.42. The van der Waals surface area contributed by atoms with Crippen LogP contribution in [0.2, 0.25) is 0 Å². The summed E-state index contributed by atoms with van der Waals surface area (Å²) in [7, 11) is 7.68. The lowest BCUT2D eigenvalue weighted by atomic mass is 9.73. The molecule has 0 bridgehead atoms. The molecule has 15 heavy (non-hydrogen) atoms. The van der Waals surface area contributed by atoms with Crippen LogP contribution in [0, 0.1) is 5.92 Å². The van der Waals surface area contributed by atoms with Gasteiger partial charge in [-0.1, -0.05) is 13.3 Å². The minimum absolute atomic E-state index is 0.203. The average molecular weight is 211 g/mol. The lowest BCUT2D eigenvalue weighted by Crippen LogP contribution is -2.49. The van der Waals surface area contributed by atoms with Gasteiger partial charge in [0.15, 0.2) is 0 Å². The molecule has 1 aliphatic carbocycles. The summed E-state index contributed by atoms with van der Waals surface area (Å²) in [4.78, 5) is 0. The van der Waals surface area contributed by atoms with E-state index in [9.17, 15) is 0 Å². The van der Waals surface area contributed by atoms with Crippen molar-refractivity contribution < 1.29 is 9.47 Å². The second-order valence-electron chi connectivity index (χ2n) is 4.10. The van der Waals surface area contributed by atoms with Crippen molar-refractivity contribution in [3.63, 3.8) is 0 Å². The Labute approximate surface area is 94.3 Å². The fraction of sp³-hybridized carbons (Fsp3) is 1.00. The first-order valence-electron chi connectivity index (χ1n) is 5.89. The lowest BCUT2D eigenvalue weighted by Gasteiger charge is -2.38. The van der Waals surface area contributed by atoms with Crippen LogP contribution in [-0.4, -0.2) is 46.8 Å². The van der Waals surface area contributed by atoms with Crippen molar-refractivity contribution in [2.75, 3.05) is 26.9 Å². The Morgan fingerprint density at radius 2 is 2.13 bits per heavy atom. The number of hydrogen-bond donors (Lipinski definition) is 1. The maximum absolute atomic E-state index is 6.01. The van der Waals surface area contributed by atoms with Gasteiger partial charge in [-0.3, -0.25) is 0 Å². The molecule has 1 saturated carbocycles. The number of methoxy groups -OCH3 is 1. The molecule has 4 heteroatoms. The molecule has 86 valence electrons. The zero-order valence-electron chi connectivity index (χ0n) is 9.87. The summed E-state index contributed by atoms with van der Waals surface area (Å²) in [5.41, 5.74) is 0. The number of rotatable bonds is 8. The molecule has 2 atom stereocenters. The zero-order chi connectivity index (χ0) is 11.1. The van der Waals surface area contributed by atoms with Crippen LogP contribution in [0.4, 0.5) is 0 Å². The molecule has 0 aromatic rings. The first-order chi connectivity index (χ1) is 7.29. The molecule has 1 N–H and O–H groups in total. The molecule has 1 aliphatic rings. The summed E-state index contributed by atoms with van der Waals surface area (Å²) in [6.07, 6.45) is 3.88. The van der Waals surface area contributed by atoms with Crippen LogP contribution in [0.25, 0.3) is 0 Å². The van der Waals surface area contributed by atoms with Gasteiger partial charge in [-0.05, 0) is 25.3 Å². The molecule has 3 nitrogen and oxygen atoms in total.